The van der Waals surface area contributed by atoms with Gasteiger partial charge in [-0.05, 0) is 61.6 Å². The Kier molecular flexibility index (Phi) is 11.1. The number of rotatable bonds is 8. The zero-order valence-corrected chi connectivity index (χ0v) is 25.3. The molecule has 0 radical (unpaired) electrons. The highest BCUT2D eigenvalue weighted by Crippen LogP contribution is 2.27. The second kappa shape index (κ2) is 14.3. The van der Waals surface area contributed by atoms with E-state index >= 15 is 0 Å². The zero-order chi connectivity index (χ0) is 30.2. The number of hydrogen-bond donors (Lipinski definition) is 4. The van der Waals surface area contributed by atoms with E-state index in [1.807, 2.05) is 54.6 Å². The molecule has 0 aliphatic carbocycles. The van der Waals surface area contributed by atoms with E-state index in [4.69, 9.17) is 15.9 Å². The maximum atomic E-state index is 12.7. The van der Waals surface area contributed by atoms with Gasteiger partial charge < -0.3 is 25.8 Å². The molecule has 3 aromatic carbocycles. The number of nitrogens with one attached hydrogen (secondary N) is 2. The summed E-state index contributed by atoms with van der Waals surface area (Å²) in [7, 11) is 0. The van der Waals surface area contributed by atoms with Gasteiger partial charge in [0.2, 0.25) is 0 Å². The van der Waals surface area contributed by atoms with Crippen LogP contribution in [0.25, 0.3) is 0 Å². The summed E-state index contributed by atoms with van der Waals surface area (Å²) in [5.41, 5.74) is 11.1. The fourth-order valence-electron chi connectivity index (χ4n) is 4.69. The number of morpholine rings is 1. The molecule has 0 saturated carbocycles. The molecule has 3 unspecified atom stereocenters. The summed E-state index contributed by atoms with van der Waals surface area (Å²) in [4.78, 5) is 15.0. The Morgan fingerprint density at radius 3 is 2.27 bits per heavy atom. The molecule has 0 aromatic heterocycles. The van der Waals surface area contributed by atoms with Crippen molar-refractivity contribution in [3.63, 3.8) is 0 Å². The van der Waals surface area contributed by atoms with E-state index in [9.17, 15) is 9.90 Å². The summed E-state index contributed by atoms with van der Waals surface area (Å²) in [6.07, 6.45) is 0.205. The number of carbonyl (C=O) groups is 1. The SMILES string of the molecule is CC(C)(C)C.CC(O)CC1COCC(C)N1c1ccc(C(=N)c2cc(C(=O)NCc3ccccc3)ccc2N)cc1. The molecular formula is C34H46N4O3. The molecule has 1 amide bonds. The van der Waals surface area contributed by atoms with E-state index < -0.39 is 6.10 Å². The molecule has 1 saturated heterocycles. The summed E-state index contributed by atoms with van der Waals surface area (Å²) < 4.78 is 5.72. The third kappa shape index (κ3) is 9.73. The average molecular weight is 559 g/mol. The maximum absolute atomic E-state index is 12.7. The lowest BCUT2D eigenvalue weighted by Crippen LogP contribution is -2.52. The Morgan fingerprint density at radius 1 is 1.05 bits per heavy atom. The summed E-state index contributed by atoms with van der Waals surface area (Å²) in [6, 6.07) is 22.8. The van der Waals surface area contributed by atoms with Crippen molar-refractivity contribution in [2.75, 3.05) is 23.8 Å². The fourth-order valence-corrected chi connectivity index (χ4v) is 4.69. The van der Waals surface area contributed by atoms with Crippen LogP contribution in [-0.4, -0.2) is 48.1 Å². The fraction of sp³-hybridized carbons (Fsp3) is 0.412. The smallest absolute Gasteiger partial charge is 0.251 e. The molecule has 5 N–H and O–H groups in total. The number of nitrogens with zero attached hydrogens (tertiary/aromatic N) is 1. The normalized spacial score (nSPS) is 17.7. The van der Waals surface area contributed by atoms with E-state index in [-0.39, 0.29) is 23.7 Å². The standard InChI is InChI=1S/C29H34N4O3.C5H12/c1-19-17-36-18-25(14-20(2)34)33(19)24-11-8-22(9-12-24)28(31)26-15-23(10-13-27(26)30)29(35)32-16-21-6-4-3-5-7-21;1-5(2,3)4/h3-13,15,19-20,25,31,34H,14,16-18,30H2,1-2H3,(H,32,35);1-4H3. The maximum Gasteiger partial charge on any atom is 0.251 e. The molecule has 3 atom stereocenters. The first-order valence-electron chi connectivity index (χ1n) is 14.3. The monoisotopic (exact) mass is 558 g/mol. The number of nitrogen functional groups attached to an aromatic ring is 1. The Hall–Kier alpha value is -3.68. The van der Waals surface area contributed by atoms with Crippen LogP contribution in [0.2, 0.25) is 0 Å². The van der Waals surface area contributed by atoms with Gasteiger partial charge in [-0.2, -0.15) is 0 Å². The number of carbonyl (C=O) groups excluding carboxylic acids is 1. The van der Waals surface area contributed by atoms with Crippen LogP contribution in [0.5, 0.6) is 0 Å². The summed E-state index contributed by atoms with van der Waals surface area (Å²) in [5, 5.41) is 21.6. The van der Waals surface area contributed by atoms with Crippen LogP contribution in [0.1, 0.15) is 75.0 Å². The van der Waals surface area contributed by atoms with Gasteiger partial charge in [-0.25, -0.2) is 0 Å². The molecule has 1 aliphatic heterocycles. The van der Waals surface area contributed by atoms with Gasteiger partial charge in [0.25, 0.3) is 5.91 Å². The highest BCUT2D eigenvalue weighted by molar-refractivity contribution is 6.15. The molecule has 4 rings (SSSR count). The van der Waals surface area contributed by atoms with Gasteiger partial charge in [0.1, 0.15) is 0 Å². The van der Waals surface area contributed by atoms with Gasteiger partial charge in [0.15, 0.2) is 0 Å². The van der Waals surface area contributed by atoms with Crippen LogP contribution in [0.15, 0.2) is 72.8 Å². The van der Waals surface area contributed by atoms with Crippen molar-refractivity contribution in [1.82, 2.24) is 5.32 Å². The number of anilines is 2. The average Bonchev–Trinajstić information content (AvgIpc) is 2.91. The largest absolute Gasteiger partial charge is 0.398 e. The summed E-state index contributed by atoms with van der Waals surface area (Å²) >= 11 is 0. The predicted octanol–water partition coefficient (Wildman–Crippen LogP) is 6.03. The van der Waals surface area contributed by atoms with Crippen LogP contribution in [0.4, 0.5) is 11.4 Å². The van der Waals surface area contributed by atoms with Gasteiger partial charge in [0, 0.05) is 40.7 Å². The lowest BCUT2D eigenvalue weighted by molar-refractivity contribution is 0.0530. The first-order valence-corrected chi connectivity index (χ1v) is 14.3. The molecule has 7 heteroatoms. The van der Waals surface area contributed by atoms with Crippen molar-refractivity contribution in [2.24, 2.45) is 5.41 Å². The van der Waals surface area contributed by atoms with Crippen LogP contribution < -0.4 is 16.0 Å². The van der Waals surface area contributed by atoms with E-state index in [0.29, 0.717) is 54.0 Å². The third-order valence-corrected chi connectivity index (χ3v) is 6.49. The van der Waals surface area contributed by atoms with Crippen LogP contribution in [0, 0.1) is 10.8 Å². The molecule has 7 nitrogen and oxygen atoms in total. The molecule has 1 aliphatic rings. The number of amides is 1. The third-order valence-electron chi connectivity index (χ3n) is 6.49. The molecular weight excluding hydrogens is 512 g/mol. The van der Waals surface area contributed by atoms with E-state index in [0.717, 1.165) is 11.3 Å². The predicted molar refractivity (Wildman–Crippen MR) is 169 cm³/mol. The van der Waals surface area contributed by atoms with Gasteiger partial charge in [0.05, 0.1) is 31.1 Å². The van der Waals surface area contributed by atoms with E-state index in [1.165, 1.54) is 0 Å². The Labute approximate surface area is 245 Å². The van der Waals surface area contributed by atoms with Crippen molar-refractivity contribution in [1.29, 1.82) is 5.41 Å². The van der Waals surface area contributed by atoms with Crippen molar-refractivity contribution in [3.8, 4) is 0 Å². The lowest BCUT2D eigenvalue weighted by Gasteiger charge is -2.42. The summed E-state index contributed by atoms with van der Waals surface area (Å²) in [5.74, 6) is -0.214. The minimum absolute atomic E-state index is 0.0841. The van der Waals surface area contributed by atoms with E-state index in [2.05, 4.69) is 44.8 Å². The van der Waals surface area contributed by atoms with Crippen molar-refractivity contribution < 1.29 is 14.6 Å². The Morgan fingerprint density at radius 2 is 1.66 bits per heavy atom. The van der Waals surface area contributed by atoms with Gasteiger partial charge in [-0.1, -0.05) is 70.2 Å². The Balaban J connectivity index is 0.000000850. The lowest BCUT2D eigenvalue weighted by atomic mass is 9.97. The first-order chi connectivity index (χ1) is 19.3. The highest BCUT2D eigenvalue weighted by atomic mass is 16.5. The van der Waals surface area contributed by atoms with Crippen molar-refractivity contribution in [2.45, 2.75) is 72.7 Å². The summed E-state index contributed by atoms with van der Waals surface area (Å²) in [6.45, 7) is 14.3. The molecule has 0 spiro atoms. The number of aliphatic hydroxyl groups is 1. The Bertz CT molecular complexity index is 1280. The van der Waals surface area contributed by atoms with E-state index in [1.54, 1.807) is 25.1 Å². The highest BCUT2D eigenvalue weighted by Gasteiger charge is 2.29. The first kappa shape index (κ1) is 31.8. The number of ether oxygens (including phenoxy) is 1. The molecule has 1 fully saturated rings. The van der Waals surface area contributed by atoms with Gasteiger partial charge in [-0.3, -0.25) is 10.2 Å². The molecule has 41 heavy (non-hydrogen) atoms. The topological polar surface area (TPSA) is 112 Å². The molecule has 220 valence electrons. The zero-order valence-electron chi connectivity index (χ0n) is 25.3. The quantitative estimate of drug-likeness (QED) is 0.199. The molecule has 0 bridgehead atoms. The number of aliphatic hydroxyl groups excluding tert-OH is 1. The number of benzene rings is 3. The van der Waals surface area contributed by atoms with Crippen LogP contribution >= 0.6 is 0 Å². The molecule has 1 heterocycles. The number of nitrogens with two attached hydrogens (primary N) is 1. The molecule has 3 aromatic rings. The second-order valence-corrected chi connectivity index (χ2v) is 12.4. The van der Waals surface area contributed by atoms with Crippen molar-refractivity contribution in [3.05, 3.63) is 95.1 Å². The minimum Gasteiger partial charge on any atom is -0.398 e. The van der Waals surface area contributed by atoms with Crippen LogP contribution in [0.3, 0.4) is 0 Å². The second-order valence-electron chi connectivity index (χ2n) is 12.4. The minimum atomic E-state index is -0.418. The van der Waals surface area contributed by atoms with Crippen LogP contribution in [-0.2, 0) is 11.3 Å². The van der Waals surface area contributed by atoms with Gasteiger partial charge >= 0.3 is 0 Å². The van der Waals surface area contributed by atoms with Gasteiger partial charge in [-0.15, -0.1) is 0 Å². The number of hydrogen-bond acceptors (Lipinski definition) is 6. The van der Waals surface area contributed by atoms with Crippen molar-refractivity contribution >= 4 is 23.0 Å².